The molecule has 1 unspecified atom stereocenters. The van der Waals surface area contributed by atoms with Gasteiger partial charge in [0, 0.05) is 18.7 Å². The first kappa shape index (κ1) is 14.5. The van der Waals surface area contributed by atoms with Crippen LogP contribution in [-0.2, 0) is 0 Å². The van der Waals surface area contributed by atoms with Gasteiger partial charge in [0.05, 0.1) is 5.25 Å². The van der Waals surface area contributed by atoms with Crippen molar-refractivity contribution in [2.24, 2.45) is 0 Å². The topological polar surface area (TPSA) is 42.2 Å². The van der Waals surface area contributed by atoms with Gasteiger partial charge in [-0.15, -0.1) is 0 Å². The number of aromatic nitrogens is 2. The van der Waals surface area contributed by atoms with E-state index in [0.29, 0.717) is 11.7 Å². The van der Waals surface area contributed by atoms with Crippen LogP contribution in [0.1, 0.15) is 30.9 Å². The molecule has 0 saturated carbocycles. The van der Waals surface area contributed by atoms with Crippen molar-refractivity contribution in [3.05, 3.63) is 36.2 Å². The zero-order valence-corrected chi connectivity index (χ0v) is 13.5. The third-order valence-electron chi connectivity index (χ3n) is 3.46. The SMILES string of the molecule is CC(SC(=S)N1CCCC1)c1nc(-c2ccccc2)no1. The van der Waals surface area contributed by atoms with Crippen molar-refractivity contribution < 1.29 is 4.52 Å². The first-order valence-corrected chi connectivity index (χ1v) is 8.37. The van der Waals surface area contributed by atoms with Crippen LogP contribution in [0.4, 0.5) is 0 Å². The Morgan fingerprint density at radius 3 is 2.71 bits per heavy atom. The van der Waals surface area contributed by atoms with Gasteiger partial charge < -0.3 is 9.42 Å². The maximum atomic E-state index is 5.49. The third kappa shape index (κ3) is 3.44. The summed E-state index contributed by atoms with van der Waals surface area (Å²) in [4.78, 5) is 6.74. The molecule has 2 heterocycles. The van der Waals surface area contributed by atoms with Gasteiger partial charge in [-0.25, -0.2) is 0 Å². The Hall–Kier alpha value is -1.40. The van der Waals surface area contributed by atoms with Crippen LogP contribution in [0.2, 0.25) is 0 Å². The van der Waals surface area contributed by atoms with Crippen molar-refractivity contribution in [3.8, 4) is 11.4 Å². The molecular formula is C15H17N3OS2. The van der Waals surface area contributed by atoms with E-state index in [9.17, 15) is 0 Å². The van der Waals surface area contributed by atoms with Crippen molar-refractivity contribution in [2.75, 3.05) is 13.1 Å². The average Bonchev–Trinajstić information content (AvgIpc) is 3.20. The Morgan fingerprint density at radius 1 is 1.29 bits per heavy atom. The number of benzene rings is 1. The van der Waals surface area contributed by atoms with Crippen molar-refractivity contribution >= 4 is 28.3 Å². The van der Waals surface area contributed by atoms with Crippen LogP contribution in [0.5, 0.6) is 0 Å². The second-order valence-electron chi connectivity index (χ2n) is 5.04. The summed E-state index contributed by atoms with van der Waals surface area (Å²) in [5.74, 6) is 1.26. The van der Waals surface area contributed by atoms with Crippen LogP contribution in [0.25, 0.3) is 11.4 Å². The number of thiocarbonyl (C=S) groups is 1. The molecule has 110 valence electrons. The fourth-order valence-corrected chi connectivity index (χ4v) is 3.73. The van der Waals surface area contributed by atoms with E-state index in [-0.39, 0.29) is 5.25 Å². The first-order chi connectivity index (χ1) is 10.2. The molecule has 0 aliphatic carbocycles. The Labute approximate surface area is 133 Å². The molecule has 4 nitrogen and oxygen atoms in total. The summed E-state index contributed by atoms with van der Waals surface area (Å²) in [5.41, 5.74) is 0.965. The average molecular weight is 319 g/mol. The van der Waals surface area contributed by atoms with E-state index < -0.39 is 0 Å². The van der Waals surface area contributed by atoms with Gasteiger partial charge in [-0.05, 0) is 19.8 Å². The highest BCUT2D eigenvalue weighted by Gasteiger charge is 2.21. The van der Waals surface area contributed by atoms with E-state index in [2.05, 4.69) is 22.0 Å². The molecule has 6 heteroatoms. The van der Waals surface area contributed by atoms with Crippen LogP contribution >= 0.6 is 24.0 Å². The Morgan fingerprint density at radius 2 is 2.00 bits per heavy atom. The highest BCUT2D eigenvalue weighted by atomic mass is 32.2. The number of hydrogen-bond donors (Lipinski definition) is 0. The van der Waals surface area contributed by atoms with E-state index in [1.54, 1.807) is 11.8 Å². The lowest BCUT2D eigenvalue weighted by molar-refractivity contribution is 0.381. The molecule has 0 radical (unpaired) electrons. The quantitative estimate of drug-likeness (QED) is 0.799. The number of likely N-dealkylation sites (tertiary alicyclic amines) is 1. The largest absolute Gasteiger partial charge is 0.358 e. The highest BCUT2D eigenvalue weighted by molar-refractivity contribution is 8.23. The van der Waals surface area contributed by atoms with Gasteiger partial charge in [0.15, 0.2) is 0 Å². The smallest absolute Gasteiger partial charge is 0.240 e. The highest BCUT2D eigenvalue weighted by Crippen LogP contribution is 2.31. The maximum Gasteiger partial charge on any atom is 0.240 e. The second-order valence-corrected chi connectivity index (χ2v) is 7.02. The lowest BCUT2D eigenvalue weighted by atomic mass is 10.2. The molecule has 1 saturated heterocycles. The zero-order valence-electron chi connectivity index (χ0n) is 11.9. The lowest BCUT2D eigenvalue weighted by Crippen LogP contribution is -2.23. The minimum absolute atomic E-state index is 0.0723. The lowest BCUT2D eigenvalue weighted by Gasteiger charge is -2.19. The van der Waals surface area contributed by atoms with E-state index in [1.807, 2.05) is 30.3 Å². The molecule has 21 heavy (non-hydrogen) atoms. The predicted molar refractivity (Wildman–Crippen MR) is 89.1 cm³/mol. The van der Waals surface area contributed by atoms with Crippen LogP contribution < -0.4 is 0 Å². The molecule has 1 fully saturated rings. The molecule has 0 spiro atoms. The van der Waals surface area contributed by atoms with E-state index >= 15 is 0 Å². The van der Waals surface area contributed by atoms with E-state index in [0.717, 1.165) is 23.0 Å². The Balaban J connectivity index is 1.66. The number of nitrogens with zero attached hydrogens (tertiary/aromatic N) is 3. The summed E-state index contributed by atoms with van der Waals surface area (Å²) in [5, 5.41) is 4.13. The number of thioether (sulfide) groups is 1. The molecule has 0 amide bonds. The zero-order chi connectivity index (χ0) is 14.7. The van der Waals surface area contributed by atoms with Crippen LogP contribution in [0, 0.1) is 0 Å². The Bertz CT molecular complexity index is 608. The van der Waals surface area contributed by atoms with Crippen LogP contribution in [0.15, 0.2) is 34.9 Å². The predicted octanol–water partition coefficient (Wildman–Crippen LogP) is 3.91. The summed E-state index contributed by atoms with van der Waals surface area (Å²) in [6.07, 6.45) is 2.46. The molecular weight excluding hydrogens is 302 g/mol. The van der Waals surface area contributed by atoms with Gasteiger partial charge in [-0.2, -0.15) is 4.98 Å². The molecule has 0 bridgehead atoms. The normalized spacial score (nSPS) is 16.1. The summed E-state index contributed by atoms with van der Waals surface area (Å²) in [6, 6.07) is 9.85. The fourth-order valence-electron chi connectivity index (χ4n) is 2.28. The number of rotatable bonds is 3. The van der Waals surface area contributed by atoms with Gasteiger partial charge in [-0.1, -0.05) is 59.5 Å². The first-order valence-electron chi connectivity index (χ1n) is 7.08. The van der Waals surface area contributed by atoms with Gasteiger partial charge >= 0.3 is 0 Å². The molecule has 2 aromatic rings. The maximum absolute atomic E-state index is 5.49. The summed E-state index contributed by atoms with van der Waals surface area (Å²) >= 11 is 7.11. The molecule has 1 aliphatic heterocycles. The van der Waals surface area contributed by atoms with Gasteiger partial charge in [0.2, 0.25) is 11.7 Å². The van der Waals surface area contributed by atoms with Crippen molar-refractivity contribution in [3.63, 3.8) is 0 Å². The summed E-state index contributed by atoms with van der Waals surface area (Å²) in [6.45, 7) is 4.19. The third-order valence-corrected chi connectivity index (χ3v) is 5.03. The molecule has 1 atom stereocenters. The fraction of sp³-hybridized carbons (Fsp3) is 0.400. The van der Waals surface area contributed by atoms with Gasteiger partial charge in [0.25, 0.3) is 0 Å². The number of hydrogen-bond acceptors (Lipinski definition) is 5. The molecule has 1 aromatic carbocycles. The molecule has 1 aromatic heterocycles. The Kier molecular flexibility index (Phi) is 4.55. The summed E-state index contributed by atoms with van der Waals surface area (Å²) < 4.78 is 6.31. The van der Waals surface area contributed by atoms with Crippen molar-refractivity contribution in [2.45, 2.75) is 25.0 Å². The van der Waals surface area contributed by atoms with E-state index in [4.69, 9.17) is 16.7 Å². The van der Waals surface area contributed by atoms with Crippen LogP contribution in [0.3, 0.4) is 0 Å². The second kappa shape index (κ2) is 6.58. The monoisotopic (exact) mass is 319 g/mol. The minimum atomic E-state index is 0.0723. The van der Waals surface area contributed by atoms with Crippen molar-refractivity contribution in [1.82, 2.24) is 15.0 Å². The molecule has 0 N–H and O–H groups in total. The standard InChI is InChI=1S/C15H17N3OS2/c1-11(21-15(20)18-9-5-6-10-18)14-16-13(17-19-14)12-7-3-2-4-8-12/h2-4,7-8,11H,5-6,9-10H2,1H3. The minimum Gasteiger partial charge on any atom is -0.358 e. The van der Waals surface area contributed by atoms with Crippen molar-refractivity contribution in [1.29, 1.82) is 0 Å². The van der Waals surface area contributed by atoms with Gasteiger partial charge in [-0.3, -0.25) is 0 Å². The van der Waals surface area contributed by atoms with Gasteiger partial charge in [0.1, 0.15) is 4.32 Å². The van der Waals surface area contributed by atoms with E-state index in [1.165, 1.54) is 12.8 Å². The summed E-state index contributed by atoms with van der Waals surface area (Å²) in [7, 11) is 0. The molecule has 1 aliphatic rings. The van der Waals surface area contributed by atoms with Crippen LogP contribution in [-0.4, -0.2) is 32.5 Å². The molecule has 3 rings (SSSR count).